The van der Waals surface area contributed by atoms with Crippen molar-refractivity contribution < 1.29 is 23.9 Å². The lowest BCUT2D eigenvalue weighted by molar-refractivity contribution is -0.139. The number of carbonyl (C=O) groups excluding carboxylic acids is 3. The summed E-state index contributed by atoms with van der Waals surface area (Å²) in [4.78, 5) is 35.6. The van der Waals surface area contributed by atoms with Crippen LogP contribution in [0.15, 0.2) is 27.8 Å². The van der Waals surface area contributed by atoms with Crippen LogP contribution in [0.5, 0.6) is 0 Å². The first kappa shape index (κ1) is 24.7. The van der Waals surface area contributed by atoms with E-state index in [0.29, 0.717) is 48.9 Å². The number of hydrazone groups is 1. The molecule has 3 rings (SSSR count). The summed E-state index contributed by atoms with van der Waals surface area (Å²) in [6, 6.07) is 6.97. The Morgan fingerprint density at radius 3 is 2.64 bits per heavy atom. The van der Waals surface area contributed by atoms with E-state index in [1.165, 1.54) is 7.05 Å². The van der Waals surface area contributed by atoms with Crippen molar-refractivity contribution in [3.63, 3.8) is 0 Å². The van der Waals surface area contributed by atoms with E-state index in [2.05, 4.69) is 43.2 Å². The molecule has 1 fully saturated rings. The van der Waals surface area contributed by atoms with Crippen molar-refractivity contribution in [3.8, 4) is 6.07 Å². The van der Waals surface area contributed by atoms with E-state index in [1.807, 2.05) is 6.92 Å². The number of likely N-dealkylation sites (N-methyl/N-ethyl adjacent to an activating group) is 1. The number of rotatable bonds is 5. The molecule has 3 amide bonds. The summed E-state index contributed by atoms with van der Waals surface area (Å²) in [7, 11) is 3.01. The van der Waals surface area contributed by atoms with Gasteiger partial charge in [-0.15, -0.1) is 0 Å². The molecule has 1 aromatic carbocycles. The van der Waals surface area contributed by atoms with Crippen molar-refractivity contribution in [2.24, 2.45) is 5.10 Å². The summed E-state index contributed by atoms with van der Waals surface area (Å²) in [5, 5.41) is 18.6. The van der Waals surface area contributed by atoms with Gasteiger partial charge in [0.05, 0.1) is 17.2 Å². The van der Waals surface area contributed by atoms with E-state index in [1.54, 1.807) is 25.3 Å². The van der Waals surface area contributed by atoms with Crippen LogP contribution in [0.2, 0.25) is 0 Å². The summed E-state index contributed by atoms with van der Waals surface area (Å²) < 4.78 is 12.4. The summed E-state index contributed by atoms with van der Waals surface area (Å²) in [6.07, 6.45) is 1.78. The van der Waals surface area contributed by atoms with Crippen LogP contribution in [0.1, 0.15) is 50.2 Å². The van der Waals surface area contributed by atoms with Gasteiger partial charge < -0.3 is 20.1 Å². The van der Waals surface area contributed by atoms with Crippen molar-refractivity contribution >= 4 is 39.5 Å². The minimum Gasteiger partial charge on any atom is -0.435 e. The first-order valence-electron chi connectivity index (χ1n) is 10.5. The molecule has 1 heterocycles. The van der Waals surface area contributed by atoms with Gasteiger partial charge in [-0.05, 0) is 57.2 Å². The van der Waals surface area contributed by atoms with Gasteiger partial charge in [-0.1, -0.05) is 15.9 Å². The molecule has 0 unspecified atom stereocenters. The maximum atomic E-state index is 12.1. The lowest BCUT2D eigenvalue weighted by Gasteiger charge is -2.47. The Kier molecular flexibility index (Phi) is 7.39. The van der Waals surface area contributed by atoms with Gasteiger partial charge >= 0.3 is 17.9 Å². The lowest BCUT2D eigenvalue weighted by Crippen LogP contribution is -2.56. The zero-order chi connectivity index (χ0) is 24.2. The molecular formula is C22H26BrN5O5. The predicted octanol–water partition coefficient (Wildman–Crippen LogP) is 2.10. The molecule has 0 saturated heterocycles. The molecule has 2 aliphatic rings. The smallest absolute Gasteiger partial charge is 0.428 e. The van der Waals surface area contributed by atoms with E-state index < -0.39 is 29.1 Å². The number of nitrogens with one attached hydrogen (secondary N) is 3. The van der Waals surface area contributed by atoms with Crippen molar-refractivity contribution in [1.82, 2.24) is 16.1 Å². The van der Waals surface area contributed by atoms with Crippen LogP contribution in [0.4, 0.5) is 4.79 Å². The second kappa shape index (κ2) is 9.89. The molecule has 33 heavy (non-hydrogen) atoms. The standard InChI is InChI=1S/C22H26BrN5O5/c1-13(26-19(30)18(29)25-2)11-21(32-3)6-8-22(9-7-21)17(27-28-20(31)33-22)15-10-14(12-24)4-5-16(15)23/h4-5,10,13H,6-9,11H2,1-3H3,(H,25,29)(H,26,30)(H,28,31)/t13-,21?,22?/m0/s1. The minimum atomic E-state index is -0.977. The Labute approximate surface area is 200 Å². The topological polar surface area (TPSA) is 142 Å². The minimum absolute atomic E-state index is 0.311. The second-order valence-electron chi connectivity index (χ2n) is 8.31. The fourth-order valence-electron chi connectivity index (χ4n) is 4.49. The Bertz CT molecular complexity index is 1030. The summed E-state index contributed by atoms with van der Waals surface area (Å²) in [5.41, 5.74) is 2.50. The number of hydrogen-bond acceptors (Lipinski definition) is 7. The number of nitrogens with zero attached hydrogens (tertiary/aromatic N) is 2. The molecule has 10 nitrogen and oxygen atoms in total. The van der Waals surface area contributed by atoms with Gasteiger partial charge in [0.25, 0.3) is 0 Å². The Morgan fingerprint density at radius 1 is 1.33 bits per heavy atom. The quantitative estimate of drug-likeness (QED) is 0.508. The fourth-order valence-corrected chi connectivity index (χ4v) is 4.92. The Morgan fingerprint density at radius 2 is 2.03 bits per heavy atom. The number of methoxy groups -OCH3 is 1. The molecule has 1 spiro atoms. The summed E-state index contributed by atoms with van der Waals surface area (Å²) >= 11 is 3.51. The van der Waals surface area contributed by atoms with Crippen molar-refractivity contribution in [2.75, 3.05) is 14.2 Å². The van der Waals surface area contributed by atoms with Crippen LogP contribution in [-0.2, 0) is 19.1 Å². The molecule has 1 atom stereocenters. The Hall–Kier alpha value is -2.97. The van der Waals surface area contributed by atoms with Crippen LogP contribution in [0.25, 0.3) is 0 Å². The first-order valence-corrected chi connectivity index (χ1v) is 11.3. The van der Waals surface area contributed by atoms with Crippen molar-refractivity contribution in [1.29, 1.82) is 5.26 Å². The van der Waals surface area contributed by atoms with E-state index in [-0.39, 0.29) is 6.04 Å². The van der Waals surface area contributed by atoms with Gasteiger partial charge in [-0.2, -0.15) is 10.4 Å². The van der Waals surface area contributed by atoms with Gasteiger partial charge in [0.2, 0.25) is 0 Å². The lowest BCUT2D eigenvalue weighted by atomic mass is 9.70. The predicted molar refractivity (Wildman–Crippen MR) is 122 cm³/mol. The highest BCUT2D eigenvalue weighted by Crippen LogP contribution is 2.45. The number of benzene rings is 1. The maximum Gasteiger partial charge on any atom is 0.428 e. The summed E-state index contributed by atoms with van der Waals surface area (Å²) in [6.45, 7) is 1.81. The number of carbonyl (C=O) groups is 3. The number of ether oxygens (including phenoxy) is 2. The number of halogens is 1. The van der Waals surface area contributed by atoms with E-state index in [4.69, 9.17) is 9.47 Å². The number of amides is 3. The van der Waals surface area contributed by atoms with Gasteiger partial charge in [0, 0.05) is 30.2 Å². The molecule has 3 N–H and O–H groups in total. The molecular weight excluding hydrogens is 494 g/mol. The number of hydrogen-bond donors (Lipinski definition) is 3. The molecule has 1 saturated carbocycles. The van der Waals surface area contributed by atoms with Crippen LogP contribution in [-0.4, -0.2) is 55.0 Å². The van der Waals surface area contributed by atoms with E-state index in [0.717, 1.165) is 4.47 Å². The number of nitriles is 1. The van der Waals surface area contributed by atoms with Crippen LogP contribution in [0, 0.1) is 11.3 Å². The van der Waals surface area contributed by atoms with Gasteiger partial charge in [0.15, 0.2) is 5.60 Å². The largest absolute Gasteiger partial charge is 0.435 e. The van der Waals surface area contributed by atoms with Gasteiger partial charge in [-0.3, -0.25) is 9.59 Å². The molecule has 0 aromatic heterocycles. The molecule has 0 radical (unpaired) electrons. The summed E-state index contributed by atoms with van der Waals surface area (Å²) in [5.74, 6) is -1.41. The third-order valence-electron chi connectivity index (χ3n) is 6.22. The van der Waals surface area contributed by atoms with Crippen molar-refractivity contribution in [3.05, 3.63) is 33.8 Å². The average Bonchev–Trinajstić information content (AvgIpc) is 2.81. The second-order valence-corrected chi connectivity index (χ2v) is 9.16. The highest BCUT2D eigenvalue weighted by molar-refractivity contribution is 9.10. The molecule has 11 heteroatoms. The molecule has 0 bridgehead atoms. The van der Waals surface area contributed by atoms with Gasteiger partial charge in [0.1, 0.15) is 5.71 Å². The van der Waals surface area contributed by atoms with E-state index >= 15 is 0 Å². The normalized spacial score (nSPS) is 25.2. The highest BCUT2D eigenvalue weighted by Gasteiger charge is 2.51. The monoisotopic (exact) mass is 519 g/mol. The van der Waals surface area contributed by atoms with Crippen LogP contribution < -0.4 is 16.1 Å². The Balaban J connectivity index is 1.82. The third kappa shape index (κ3) is 5.17. The van der Waals surface area contributed by atoms with Crippen molar-refractivity contribution in [2.45, 2.75) is 56.3 Å². The highest BCUT2D eigenvalue weighted by atomic mass is 79.9. The van der Waals surface area contributed by atoms with Gasteiger partial charge in [-0.25, -0.2) is 10.2 Å². The van der Waals surface area contributed by atoms with Crippen LogP contribution >= 0.6 is 15.9 Å². The third-order valence-corrected chi connectivity index (χ3v) is 6.91. The van der Waals surface area contributed by atoms with E-state index in [9.17, 15) is 19.6 Å². The maximum absolute atomic E-state index is 12.1. The average molecular weight is 520 g/mol. The molecule has 1 aromatic rings. The zero-order valence-corrected chi connectivity index (χ0v) is 20.2. The SMILES string of the molecule is CNC(=O)C(=O)N[C@@H](C)CC1(OC)CCC2(CC1)OC(=O)NN=C2c1cc(C#N)ccc1Br. The van der Waals surface area contributed by atoms with Crippen LogP contribution in [0.3, 0.4) is 0 Å². The molecule has 1 aliphatic carbocycles. The first-order chi connectivity index (χ1) is 15.7. The fraction of sp³-hybridized carbons (Fsp3) is 0.500. The zero-order valence-electron chi connectivity index (χ0n) is 18.7. The molecule has 176 valence electrons. The molecule has 1 aliphatic heterocycles.